The first-order chi connectivity index (χ1) is 11.0. The molecule has 0 aliphatic heterocycles. The zero-order valence-electron chi connectivity index (χ0n) is 13.4. The summed E-state index contributed by atoms with van der Waals surface area (Å²) in [5, 5.41) is 6.03. The summed E-state index contributed by atoms with van der Waals surface area (Å²) < 4.78 is 0.970. The van der Waals surface area contributed by atoms with Crippen LogP contribution >= 0.6 is 15.9 Å². The van der Waals surface area contributed by atoms with Crippen molar-refractivity contribution in [3.8, 4) is 0 Å². The molecule has 0 saturated heterocycles. The largest absolute Gasteiger partial charge is 0.353 e. The lowest BCUT2D eigenvalue weighted by molar-refractivity contribution is -0.126. The van der Waals surface area contributed by atoms with Gasteiger partial charge in [0, 0.05) is 16.2 Å². The van der Waals surface area contributed by atoms with Crippen molar-refractivity contribution in [3.05, 3.63) is 28.2 Å². The third-order valence-electron chi connectivity index (χ3n) is 4.85. The van der Waals surface area contributed by atoms with Gasteiger partial charge in [-0.2, -0.15) is 0 Å². The lowest BCUT2D eigenvalue weighted by Crippen LogP contribution is -2.37. The van der Waals surface area contributed by atoms with Crippen LogP contribution in [-0.4, -0.2) is 17.9 Å². The number of benzene rings is 1. The predicted octanol–water partition coefficient (Wildman–Crippen LogP) is 3.78. The van der Waals surface area contributed by atoms with Gasteiger partial charge >= 0.3 is 0 Å². The summed E-state index contributed by atoms with van der Waals surface area (Å²) in [6.07, 6.45) is 6.48. The van der Waals surface area contributed by atoms with E-state index < -0.39 is 0 Å². The van der Waals surface area contributed by atoms with Gasteiger partial charge in [0.2, 0.25) is 11.8 Å². The van der Waals surface area contributed by atoms with Gasteiger partial charge in [-0.25, -0.2) is 0 Å². The zero-order valence-corrected chi connectivity index (χ0v) is 15.0. The number of anilines is 1. The first-order valence-corrected chi connectivity index (χ1v) is 9.21. The van der Waals surface area contributed by atoms with Gasteiger partial charge in [-0.3, -0.25) is 9.59 Å². The van der Waals surface area contributed by atoms with Gasteiger partial charge in [0.15, 0.2) is 0 Å². The third-order valence-corrected chi connectivity index (χ3v) is 5.71. The van der Waals surface area contributed by atoms with Gasteiger partial charge < -0.3 is 10.6 Å². The Balaban J connectivity index is 1.49. The number of carbonyl (C=O) groups excluding carboxylic acids is 2. The lowest BCUT2D eigenvalue weighted by atomic mass is 9.95. The Kier molecular flexibility index (Phi) is 5.05. The number of carbonyl (C=O) groups is 2. The van der Waals surface area contributed by atoms with Crippen molar-refractivity contribution in [1.29, 1.82) is 0 Å². The molecule has 2 amide bonds. The standard InChI is InChI=1S/C18H23BrN2O2/c1-11-7-8-13(9-16(11)19)21-18(23)15-10-14(15)17(22)20-12-5-3-2-4-6-12/h7-9,12,14-15H,2-6,10H2,1H3,(H,20,22)(H,21,23). The van der Waals surface area contributed by atoms with Gasteiger partial charge in [0.05, 0.1) is 11.8 Å². The van der Waals surface area contributed by atoms with E-state index in [0.29, 0.717) is 12.5 Å². The molecule has 0 bridgehead atoms. The molecule has 3 rings (SSSR count). The summed E-state index contributed by atoms with van der Waals surface area (Å²) in [5.74, 6) is -0.323. The van der Waals surface area contributed by atoms with Gasteiger partial charge in [-0.15, -0.1) is 0 Å². The van der Waals surface area contributed by atoms with Gasteiger partial charge in [-0.1, -0.05) is 41.3 Å². The molecule has 2 aliphatic rings. The van der Waals surface area contributed by atoms with Crippen molar-refractivity contribution >= 4 is 33.4 Å². The van der Waals surface area contributed by atoms with Crippen LogP contribution in [0.3, 0.4) is 0 Å². The molecular weight excluding hydrogens is 356 g/mol. The van der Waals surface area contributed by atoms with Gasteiger partial charge in [0.25, 0.3) is 0 Å². The average molecular weight is 379 g/mol. The number of hydrogen-bond acceptors (Lipinski definition) is 2. The van der Waals surface area contributed by atoms with Gasteiger partial charge in [-0.05, 0) is 43.9 Å². The summed E-state index contributed by atoms with van der Waals surface area (Å²) >= 11 is 3.46. The topological polar surface area (TPSA) is 58.2 Å². The van der Waals surface area contributed by atoms with Crippen molar-refractivity contribution in [2.75, 3.05) is 5.32 Å². The first kappa shape index (κ1) is 16.5. The highest BCUT2D eigenvalue weighted by atomic mass is 79.9. The molecule has 0 heterocycles. The Labute approximate surface area is 145 Å². The molecule has 2 N–H and O–H groups in total. The number of aryl methyl sites for hydroxylation is 1. The van der Waals surface area contributed by atoms with E-state index in [4.69, 9.17) is 0 Å². The Morgan fingerprint density at radius 1 is 1.09 bits per heavy atom. The second kappa shape index (κ2) is 7.04. The molecule has 5 heteroatoms. The molecule has 124 valence electrons. The fourth-order valence-corrected chi connectivity index (χ4v) is 3.61. The summed E-state index contributed by atoms with van der Waals surface area (Å²) in [6.45, 7) is 2.00. The number of hydrogen-bond donors (Lipinski definition) is 2. The maximum Gasteiger partial charge on any atom is 0.228 e. The van der Waals surface area contributed by atoms with E-state index in [9.17, 15) is 9.59 Å². The third kappa shape index (κ3) is 4.14. The number of rotatable bonds is 4. The Morgan fingerprint density at radius 2 is 1.78 bits per heavy atom. The van der Waals surface area contributed by atoms with E-state index in [0.717, 1.165) is 28.6 Å². The Morgan fingerprint density at radius 3 is 2.48 bits per heavy atom. The molecule has 2 aliphatic carbocycles. The highest BCUT2D eigenvalue weighted by Gasteiger charge is 2.48. The van der Waals surface area contributed by atoms with Crippen molar-refractivity contribution in [1.82, 2.24) is 5.32 Å². The van der Waals surface area contributed by atoms with Gasteiger partial charge in [0.1, 0.15) is 0 Å². The maximum atomic E-state index is 12.3. The molecule has 1 aromatic carbocycles. The molecule has 4 nitrogen and oxygen atoms in total. The van der Waals surface area contributed by atoms with Crippen LogP contribution in [0.2, 0.25) is 0 Å². The van der Waals surface area contributed by atoms with Crippen molar-refractivity contribution in [2.45, 2.75) is 51.5 Å². The second-order valence-corrected chi connectivity index (χ2v) is 7.60. The van der Waals surface area contributed by atoms with E-state index in [1.807, 2.05) is 25.1 Å². The monoisotopic (exact) mass is 378 g/mol. The molecule has 0 aromatic heterocycles. The van der Waals surface area contributed by atoms with Crippen LogP contribution in [-0.2, 0) is 9.59 Å². The first-order valence-electron chi connectivity index (χ1n) is 8.42. The minimum absolute atomic E-state index is 0.0513. The molecule has 2 unspecified atom stereocenters. The number of halogens is 1. The zero-order chi connectivity index (χ0) is 16.4. The highest BCUT2D eigenvalue weighted by molar-refractivity contribution is 9.10. The minimum atomic E-state index is -0.182. The summed E-state index contributed by atoms with van der Waals surface area (Å²) in [6, 6.07) is 6.05. The normalized spacial score (nSPS) is 24.1. The molecule has 0 radical (unpaired) electrons. The summed E-state index contributed by atoms with van der Waals surface area (Å²) in [4.78, 5) is 24.5. The van der Waals surface area contributed by atoms with E-state index >= 15 is 0 Å². The van der Waals surface area contributed by atoms with Crippen LogP contribution in [0.1, 0.15) is 44.1 Å². The van der Waals surface area contributed by atoms with Crippen LogP contribution in [0.15, 0.2) is 22.7 Å². The van der Waals surface area contributed by atoms with Crippen molar-refractivity contribution in [2.24, 2.45) is 11.8 Å². The Bertz CT molecular complexity index is 611. The van der Waals surface area contributed by atoms with Crippen LogP contribution in [0.5, 0.6) is 0 Å². The smallest absolute Gasteiger partial charge is 0.228 e. The molecule has 0 spiro atoms. The fourth-order valence-electron chi connectivity index (χ4n) is 3.24. The van der Waals surface area contributed by atoms with E-state index in [1.165, 1.54) is 19.3 Å². The summed E-state index contributed by atoms with van der Waals surface area (Å²) in [5.41, 5.74) is 1.89. The van der Waals surface area contributed by atoms with E-state index in [2.05, 4.69) is 26.6 Å². The fraction of sp³-hybridized carbons (Fsp3) is 0.556. The quantitative estimate of drug-likeness (QED) is 0.837. The van der Waals surface area contributed by atoms with Crippen molar-refractivity contribution < 1.29 is 9.59 Å². The predicted molar refractivity (Wildman–Crippen MR) is 94.1 cm³/mol. The van der Waals surface area contributed by atoms with E-state index in [1.54, 1.807) is 0 Å². The number of amides is 2. The van der Waals surface area contributed by atoms with Crippen LogP contribution in [0.25, 0.3) is 0 Å². The Hall–Kier alpha value is -1.36. The van der Waals surface area contributed by atoms with E-state index in [-0.39, 0.29) is 23.7 Å². The highest BCUT2D eigenvalue weighted by Crippen LogP contribution is 2.40. The molecule has 2 atom stereocenters. The molecule has 2 fully saturated rings. The lowest BCUT2D eigenvalue weighted by Gasteiger charge is -2.22. The van der Waals surface area contributed by atoms with Crippen LogP contribution in [0.4, 0.5) is 5.69 Å². The maximum absolute atomic E-state index is 12.3. The molecule has 2 saturated carbocycles. The number of nitrogens with one attached hydrogen (secondary N) is 2. The minimum Gasteiger partial charge on any atom is -0.353 e. The van der Waals surface area contributed by atoms with Crippen LogP contribution in [0, 0.1) is 18.8 Å². The second-order valence-electron chi connectivity index (χ2n) is 6.75. The van der Waals surface area contributed by atoms with Crippen LogP contribution < -0.4 is 10.6 Å². The van der Waals surface area contributed by atoms with Crippen molar-refractivity contribution in [3.63, 3.8) is 0 Å². The average Bonchev–Trinajstić information content (AvgIpc) is 3.33. The molecule has 1 aromatic rings. The molecular formula is C18H23BrN2O2. The summed E-state index contributed by atoms with van der Waals surface area (Å²) in [7, 11) is 0. The molecule has 23 heavy (non-hydrogen) atoms. The SMILES string of the molecule is Cc1ccc(NC(=O)C2CC2C(=O)NC2CCCCC2)cc1Br.